The minimum absolute atomic E-state index is 0.112. The molecule has 0 aromatic heterocycles. The Labute approximate surface area is 170 Å². The maximum atomic E-state index is 13.6. The fraction of sp³-hybridized carbons (Fsp3) is 0.300. The molecule has 0 fully saturated rings. The molecule has 9 heteroatoms. The minimum Gasteiger partial charge on any atom is -0.368 e. The van der Waals surface area contributed by atoms with Gasteiger partial charge in [0.1, 0.15) is 11.9 Å². The van der Waals surface area contributed by atoms with Gasteiger partial charge in [-0.1, -0.05) is 12.1 Å². The molecule has 2 N–H and O–H groups in total. The molecule has 0 aliphatic rings. The largest absolute Gasteiger partial charge is 0.368 e. The molecule has 2 amide bonds. The molecule has 0 radical (unpaired) electrons. The van der Waals surface area contributed by atoms with Crippen molar-refractivity contribution < 1.29 is 22.4 Å². The Bertz CT molecular complexity index is 989. The van der Waals surface area contributed by atoms with Gasteiger partial charge in [-0.2, -0.15) is 4.31 Å². The zero-order valence-corrected chi connectivity index (χ0v) is 17.3. The van der Waals surface area contributed by atoms with Crippen LogP contribution in [0.1, 0.15) is 35.8 Å². The van der Waals surface area contributed by atoms with Gasteiger partial charge in [-0.15, -0.1) is 0 Å². The minimum atomic E-state index is -4.13. The summed E-state index contributed by atoms with van der Waals surface area (Å²) in [6.07, 6.45) is 0. The van der Waals surface area contributed by atoms with Crippen molar-refractivity contribution in [2.24, 2.45) is 5.73 Å². The monoisotopic (exact) mass is 421 g/mol. The van der Waals surface area contributed by atoms with E-state index in [-0.39, 0.29) is 16.4 Å². The van der Waals surface area contributed by atoms with Gasteiger partial charge in [-0.05, 0) is 55.8 Å². The number of primary amides is 1. The van der Waals surface area contributed by atoms with Gasteiger partial charge >= 0.3 is 0 Å². The van der Waals surface area contributed by atoms with Crippen LogP contribution in [0.2, 0.25) is 0 Å². The molecule has 2 aromatic rings. The predicted molar refractivity (Wildman–Crippen MR) is 107 cm³/mol. The lowest BCUT2D eigenvalue weighted by atomic mass is 10.1. The second-order valence-corrected chi connectivity index (χ2v) is 8.38. The molecule has 2 aromatic carbocycles. The first-order chi connectivity index (χ1) is 13.6. The number of carbonyl (C=O) groups excluding carboxylic acids is 2. The second kappa shape index (κ2) is 9.15. The van der Waals surface area contributed by atoms with Crippen molar-refractivity contribution in [1.82, 2.24) is 9.21 Å². The van der Waals surface area contributed by atoms with Gasteiger partial charge in [0.05, 0.1) is 4.90 Å². The van der Waals surface area contributed by atoms with Crippen LogP contribution in [0.25, 0.3) is 0 Å². The summed E-state index contributed by atoms with van der Waals surface area (Å²) >= 11 is 0. The molecule has 1 unspecified atom stereocenters. The van der Waals surface area contributed by atoms with Gasteiger partial charge in [0.2, 0.25) is 15.9 Å². The van der Waals surface area contributed by atoms with Gasteiger partial charge < -0.3 is 10.6 Å². The summed E-state index contributed by atoms with van der Waals surface area (Å²) in [5.74, 6) is -1.75. The Morgan fingerprint density at radius 1 is 1.07 bits per heavy atom. The number of nitrogens with zero attached hydrogens (tertiary/aromatic N) is 2. The Kier molecular flexibility index (Phi) is 7.10. The van der Waals surface area contributed by atoms with E-state index < -0.39 is 27.8 Å². The molecule has 29 heavy (non-hydrogen) atoms. The van der Waals surface area contributed by atoms with E-state index in [1.165, 1.54) is 49.5 Å². The standard InChI is InChI=1S/C20H24FN3O4S/c1-4-24(5-2)20(26)14-9-11-17(12-10-14)29(27,28)23(3)18(19(22)25)15-7-6-8-16(21)13-15/h6-13,18H,4-5H2,1-3H3,(H2,22,25). The van der Waals surface area contributed by atoms with Crippen LogP contribution >= 0.6 is 0 Å². The Hall–Kier alpha value is -2.78. The van der Waals surface area contributed by atoms with Gasteiger partial charge in [0.25, 0.3) is 5.91 Å². The van der Waals surface area contributed by atoms with E-state index in [0.717, 1.165) is 10.4 Å². The molecule has 2 rings (SSSR count). The fourth-order valence-corrected chi connectivity index (χ4v) is 4.31. The highest BCUT2D eigenvalue weighted by molar-refractivity contribution is 7.89. The van der Waals surface area contributed by atoms with E-state index >= 15 is 0 Å². The fourth-order valence-electron chi connectivity index (χ4n) is 3.00. The van der Waals surface area contributed by atoms with E-state index in [2.05, 4.69) is 0 Å². The summed E-state index contributed by atoms with van der Waals surface area (Å²) < 4.78 is 40.3. The maximum absolute atomic E-state index is 13.6. The highest BCUT2D eigenvalue weighted by Gasteiger charge is 2.33. The summed E-state index contributed by atoms with van der Waals surface area (Å²) in [5.41, 5.74) is 5.88. The number of hydrogen-bond acceptors (Lipinski definition) is 4. The molecular weight excluding hydrogens is 397 g/mol. The molecule has 0 spiro atoms. The molecule has 0 saturated carbocycles. The van der Waals surface area contributed by atoms with Crippen molar-refractivity contribution in [3.8, 4) is 0 Å². The van der Waals surface area contributed by atoms with E-state index in [1.54, 1.807) is 4.90 Å². The Morgan fingerprint density at radius 3 is 2.14 bits per heavy atom. The van der Waals surface area contributed by atoms with Crippen molar-refractivity contribution in [3.05, 3.63) is 65.5 Å². The van der Waals surface area contributed by atoms with Crippen molar-refractivity contribution in [3.63, 3.8) is 0 Å². The summed E-state index contributed by atoms with van der Waals surface area (Å²) in [6.45, 7) is 4.77. The number of likely N-dealkylation sites (N-methyl/N-ethyl adjacent to an activating group) is 1. The molecule has 1 atom stereocenters. The number of amides is 2. The molecule has 0 saturated heterocycles. The quantitative estimate of drug-likeness (QED) is 0.706. The molecule has 0 bridgehead atoms. The number of sulfonamides is 1. The summed E-state index contributed by atoms with van der Waals surface area (Å²) in [7, 11) is -2.93. The van der Waals surface area contributed by atoms with Crippen molar-refractivity contribution in [2.45, 2.75) is 24.8 Å². The highest BCUT2D eigenvalue weighted by atomic mass is 32.2. The summed E-state index contributed by atoms with van der Waals surface area (Å²) in [5, 5.41) is 0. The molecule has 0 aliphatic heterocycles. The first-order valence-corrected chi connectivity index (χ1v) is 10.5. The van der Waals surface area contributed by atoms with E-state index in [9.17, 15) is 22.4 Å². The smallest absolute Gasteiger partial charge is 0.253 e. The lowest BCUT2D eigenvalue weighted by molar-refractivity contribution is -0.121. The normalized spacial score (nSPS) is 12.6. The maximum Gasteiger partial charge on any atom is 0.253 e. The van der Waals surface area contributed by atoms with E-state index in [0.29, 0.717) is 18.7 Å². The molecule has 156 valence electrons. The number of halogens is 1. The molecule has 7 nitrogen and oxygen atoms in total. The molecule has 0 aliphatic carbocycles. The zero-order valence-electron chi connectivity index (χ0n) is 16.5. The van der Waals surface area contributed by atoms with Crippen LogP contribution in [0.5, 0.6) is 0 Å². The van der Waals surface area contributed by atoms with Crippen LogP contribution in [0.15, 0.2) is 53.4 Å². The van der Waals surface area contributed by atoms with Crippen LogP contribution in [-0.4, -0.2) is 49.6 Å². The lowest BCUT2D eigenvalue weighted by Gasteiger charge is -2.25. The van der Waals surface area contributed by atoms with Gasteiger partial charge in [-0.25, -0.2) is 12.8 Å². The number of rotatable bonds is 8. The average molecular weight is 421 g/mol. The van der Waals surface area contributed by atoms with Crippen LogP contribution in [0, 0.1) is 5.82 Å². The van der Waals surface area contributed by atoms with Crippen molar-refractivity contribution in [2.75, 3.05) is 20.1 Å². The molecular formula is C20H24FN3O4S. The first-order valence-electron chi connectivity index (χ1n) is 9.05. The van der Waals surface area contributed by atoms with E-state index in [4.69, 9.17) is 5.73 Å². The van der Waals surface area contributed by atoms with E-state index in [1.807, 2.05) is 13.8 Å². The van der Waals surface area contributed by atoms with Crippen molar-refractivity contribution >= 4 is 21.8 Å². The number of benzene rings is 2. The summed E-state index contributed by atoms with van der Waals surface area (Å²) in [6, 6.07) is 9.09. The Morgan fingerprint density at radius 2 is 1.66 bits per heavy atom. The predicted octanol–water partition coefficient (Wildman–Crippen LogP) is 2.15. The number of nitrogens with two attached hydrogens (primary N) is 1. The first kappa shape index (κ1) is 22.5. The summed E-state index contributed by atoms with van der Waals surface area (Å²) in [4.78, 5) is 25.8. The molecule has 0 heterocycles. The Balaban J connectivity index is 2.37. The third-order valence-electron chi connectivity index (χ3n) is 4.63. The topological polar surface area (TPSA) is 101 Å². The number of hydrogen-bond donors (Lipinski definition) is 1. The van der Waals surface area contributed by atoms with Gasteiger partial charge in [0, 0.05) is 25.7 Å². The second-order valence-electron chi connectivity index (χ2n) is 6.38. The van der Waals surface area contributed by atoms with Crippen molar-refractivity contribution in [1.29, 1.82) is 0 Å². The van der Waals surface area contributed by atoms with Crippen LogP contribution in [0.4, 0.5) is 4.39 Å². The third-order valence-corrected chi connectivity index (χ3v) is 6.46. The SMILES string of the molecule is CCN(CC)C(=O)c1ccc(S(=O)(=O)N(C)C(C(N)=O)c2cccc(F)c2)cc1. The van der Waals surface area contributed by atoms with Crippen LogP contribution < -0.4 is 5.73 Å². The third kappa shape index (κ3) is 4.80. The zero-order chi connectivity index (χ0) is 21.8. The lowest BCUT2D eigenvalue weighted by Crippen LogP contribution is -2.39. The highest BCUT2D eigenvalue weighted by Crippen LogP contribution is 2.27. The average Bonchev–Trinajstić information content (AvgIpc) is 2.68. The van der Waals surface area contributed by atoms with Crippen LogP contribution in [0.3, 0.4) is 0 Å². The number of carbonyl (C=O) groups is 2. The van der Waals surface area contributed by atoms with Gasteiger partial charge in [-0.3, -0.25) is 9.59 Å². The van der Waals surface area contributed by atoms with Crippen LogP contribution in [-0.2, 0) is 14.8 Å². The van der Waals surface area contributed by atoms with Gasteiger partial charge in [0.15, 0.2) is 0 Å².